The summed E-state index contributed by atoms with van der Waals surface area (Å²) in [5.41, 5.74) is 6.36. The maximum atomic E-state index is 14.9. The lowest BCUT2D eigenvalue weighted by Gasteiger charge is -2.31. The lowest BCUT2D eigenvalue weighted by Crippen LogP contribution is -2.40. The van der Waals surface area contributed by atoms with Crippen LogP contribution in [0.2, 0.25) is 5.02 Å². The molecule has 3 heterocycles. The third-order valence-electron chi connectivity index (χ3n) is 5.28. The van der Waals surface area contributed by atoms with E-state index in [4.69, 9.17) is 22.1 Å². The van der Waals surface area contributed by atoms with Gasteiger partial charge in [0, 0.05) is 30.1 Å². The molecule has 7 nitrogen and oxygen atoms in total. The molecular weight excluding hydrogens is 492 g/mol. The molecule has 1 aliphatic rings. The monoisotopic (exact) mass is 512 g/mol. The fourth-order valence-corrected chi connectivity index (χ4v) is 3.92. The zero-order valence-electron chi connectivity index (χ0n) is 17.1. The SMILES string of the molecule is CCOc1c(C(C)n2nc(C(F)F)c3c(N)ncnc32)cc(Cl)c(F)c1C1CNC1.Cl.Cl. The number of hydrogen-bond donors (Lipinski definition) is 2. The van der Waals surface area contributed by atoms with Gasteiger partial charge in [0.1, 0.15) is 29.4 Å². The maximum Gasteiger partial charge on any atom is 0.282 e. The number of ether oxygens (including phenoxy) is 1. The van der Waals surface area contributed by atoms with Crippen molar-refractivity contribution in [2.75, 3.05) is 25.4 Å². The molecule has 13 heteroatoms. The van der Waals surface area contributed by atoms with Gasteiger partial charge < -0.3 is 15.8 Å². The van der Waals surface area contributed by atoms with Crippen LogP contribution < -0.4 is 15.8 Å². The van der Waals surface area contributed by atoms with Gasteiger partial charge in [-0.05, 0) is 19.9 Å². The number of hydrogen-bond acceptors (Lipinski definition) is 6. The summed E-state index contributed by atoms with van der Waals surface area (Å²) in [6.45, 7) is 5.00. The Hall–Kier alpha value is -2.01. The predicted molar refractivity (Wildman–Crippen MR) is 121 cm³/mol. The Labute approximate surface area is 199 Å². The van der Waals surface area contributed by atoms with Gasteiger partial charge >= 0.3 is 0 Å². The molecule has 1 atom stereocenters. The molecule has 0 aliphatic carbocycles. The van der Waals surface area contributed by atoms with E-state index >= 15 is 0 Å². The van der Waals surface area contributed by atoms with Gasteiger partial charge in [-0.1, -0.05) is 11.6 Å². The summed E-state index contributed by atoms with van der Waals surface area (Å²) < 4.78 is 49.3. The number of anilines is 1. The van der Waals surface area contributed by atoms with E-state index in [0.29, 0.717) is 36.6 Å². The molecule has 32 heavy (non-hydrogen) atoms. The maximum absolute atomic E-state index is 14.9. The Bertz CT molecular complexity index is 1110. The number of alkyl halides is 2. The molecule has 0 bridgehead atoms. The number of benzene rings is 1. The zero-order chi connectivity index (χ0) is 21.6. The first kappa shape index (κ1) is 26.2. The molecule has 0 spiro atoms. The summed E-state index contributed by atoms with van der Waals surface area (Å²) >= 11 is 6.20. The minimum Gasteiger partial charge on any atom is -0.493 e. The molecule has 176 valence electrons. The van der Waals surface area contributed by atoms with Crippen molar-refractivity contribution in [1.29, 1.82) is 0 Å². The van der Waals surface area contributed by atoms with E-state index in [9.17, 15) is 13.2 Å². The molecule has 1 fully saturated rings. The van der Waals surface area contributed by atoms with Gasteiger partial charge in [-0.25, -0.2) is 27.8 Å². The van der Waals surface area contributed by atoms with Gasteiger partial charge in [-0.3, -0.25) is 0 Å². The molecule has 1 aliphatic heterocycles. The van der Waals surface area contributed by atoms with Crippen LogP contribution in [0.1, 0.15) is 49.1 Å². The molecule has 3 aromatic rings. The van der Waals surface area contributed by atoms with Crippen LogP contribution in [0.15, 0.2) is 12.4 Å². The summed E-state index contributed by atoms with van der Waals surface area (Å²) in [5, 5.41) is 7.10. The summed E-state index contributed by atoms with van der Waals surface area (Å²) in [6.07, 6.45) is -1.68. The van der Waals surface area contributed by atoms with Crippen molar-refractivity contribution in [3.05, 3.63) is 40.1 Å². The highest BCUT2D eigenvalue weighted by Crippen LogP contribution is 2.42. The summed E-state index contributed by atoms with van der Waals surface area (Å²) in [6, 6.07) is 0.808. The minimum absolute atomic E-state index is 0. The van der Waals surface area contributed by atoms with Crippen LogP contribution in [0.5, 0.6) is 5.75 Å². The summed E-state index contributed by atoms with van der Waals surface area (Å²) in [4.78, 5) is 7.91. The minimum atomic E-state index is -2.87. The van der Waals surface area contributed by atoms with Crippen molar-refractivity contribution in [3.8, 4) is 5.75 Å². The van der Waals surface area contributed by atoms with Crippen molar-refractivity contribution in [1.82, 2.24) is 25.1 Å². The van der Waals surface area contributed by atoms with E-state index in [0.717, 1.165) is 0 Å². The molecule has 0 saturated carbocycles. The Balaban J connectivity index is 0.00000181. The van der Waals surface area contributed by atoms with Gasteiger partial charge in [0.15, 0.2) is 5.65 Å². The van der Waals surface area contributed by atoms with Gasteiger partial charge in [0.25, 0.3) is 6.43 Å². The molecule has 0 amide bonds. The topological polar surface area (TPSA) is 90.9 Å². The number of nitrogens with one attached hydrogen (secondary N) is 1. The number of fused-ring (bicyclic) bond motifs is 1. The average molecular weight is 514 g/mol. The number of rotatable bonds is 6. The summed E-state index contributed by atoms with van der Waals surface area (Å²) in [7, 11) is 0. The molecule has 1 aromatic carbocycles. The third kappa shape index (κ3) is 4.28. The first-order valence-electron chi connectivity index (χ1n) is 9.47. The first-order valence-corrected chi connectivity index (χ1v) is 9.84. The average Bonchev–Trinajstić information content (AvgIpc) is 3.07. The number of nitrogen functional groups attached to an aromatic ring is 1. The number of halogens is 6. The second kappa shape index (κ2) is 10.3. The molecule has 1 saturated heterocycles. The molecule has 1 unspecified atom stereocenters. The van der Waals surface area contributed by atoms with Crippen molar-refractivity contribution >= 4 is 53.3 Å². The van der Waals surface area contributed by atoms with E-state index in [2.05, 4.69) is 20.4 Å². The number of nitrogens with zero attached hydrogens (tertiary/aromatic N) is 4. The van der Waals surface area contributed by atoms with Crippen LogP contribution in [0.4, 0.5) is 19.0 Å². The third-order valence-corrected chi connectivity index (χ3v) is 5.56. The van der Waals surface area contributed by atoms with Crippen molar-refractivity contribution in [2.45, 2.75) is 32.2 Å². The fraction of sp³-hybridized carbons (Fsp3) is 0.421. The van der Waals surface area contributed by atoms with E-state index in [-0.39, 0.29) is 52.6 Å². The standard InChI is InChI=1S/C19H20ClF3N6O.2ClH/c1-3-30-16-10(4-11(20)14(21)12(16)9-5-25-6-9)8(2)29-19-13(15(28-29)17(22)23)18(24)26-7-27-19;;/h4,7-9,17,25H,3,5-6H2,1-2H3,(H2,24,26,27);2*1H. The van der Waals surface area contributed by atoms with Gasteiger partial charge in [-0.15, -0.1) is 24.8 Å². The van der Waals surface area contributed by atoms with Crippen LogP contribution in [0, 0.1) is 5.82 Å². The highest BCUT2D eigenvalue weighted by Gasteiger charge is 2.32. The first-order chi connectivity index (χ1) is 14.3. The van der Waals surface area contributed by atoms with Crippen molar-refractivity contribution in [3.63, 3.8) is 0 Å². The highest BCUT2D eigenvalue weighted by molar-refractivity contribution is 6.31. The van der Waals surface area contributed by atoms with E-state index < -0.39 is 24.0 Å². The molecule has 3 N–H and O–H groups in total. The molecular formula is C19H22Cl3F3N6O. The predicted octanol–water partition coefficient (Wildman–Crippen LogP) is 4.68. The largest absolute Gasteiger partial charge is 0.493 e. The van der Waals surface area contributed by atoms with Gasteiger partial charge in [0.05, 0.1) is 23.1 Å². The Morgan fingerprint density at radius 1 is 1.31 bits per heavy atom. The zero-order valence-corrected chi connectivity index (χ0v) is 19.5. The second-order valence-corrected chi connectivity index (χ2v) is 7.46. The lowest BCUT2D eigenvalue weighted by molar-refractivity contribution is 0.146. The van der Waals surface area contributed by atoms with Gasteiger partial charge in [0.2, 0.25) is 0 Å². The van der Waals surface area contributed by atoms with E-state index in [1.165, 1.54) is 17.1 Å². The Morgan fingerprint density at radius 3 is 2.56 bits per heavy atom. The van der Waals surface area contributed by atoms with E-state index in [1.54, 1.807) is 13.8 Å². The van der Waals surface area contributed by atoms with Crippen molar-refractivity contribution in [2.24, 2.45) is 0 Å². The number of aromatic nitrogens is 4. The molecule has 0 radical (unpaired) electrons. The van der Waals surface area contributed by atoms with Crippen LogP contribution in [0.25, 0.3) is 11.0 Å². The summed E-state index contributed by atoms with van der Waals surface area (Å²) in [5.74, 6) is -0.368. The Kier molecular flexibility index (Phi) is 8.44. The van der Waals surface area contributed by atoms with Crippen LogP contribution in [0.3, 0.4) is 0 Å². The molecule has 4 rings (SSSR count). The lowest BCUT2D eigenvalue weighted by atomic mass is 9.89. The van der Waals surface area contributed by atoms with Gasteiger partial charge in [-0.2, -0.15) is 5.10 Å². The van der Waals surface area contributed by atoms with Crippen LogP contribution in [-0.2, 0) is 0 Å². The van der Waals surface area contributed by atoms with Crippen LogP contribution in [-0.4, -0.2) is 39.4 Å². The fourth-order valence-electron chi connectivity index (χ4n) is 3.70. The normalized spacial score (nSPS) is 14.6. The quantitative estimate of drug-likeness (QED) is 0.497. The highest BCUT2D eigenvalue weighted by atomic mass is 35.5. The van der Waals surface area contributed by atoms with Crippen LogP contribution >= 0.6 is 36.4 Å². The Morgan fingerprint density at radius 2 is 2.00 bits per heavy atom. The number of nitrogens with two attached hydrogens (primary N) is 1. The van der Waals surface area contributed by atoms with E-state index in [1.807, 2.05) is 0 Å². The van der Waals surface area contributed by atoms with Crippen molar-refractivity contribution < 1.29 is 17.9 Å². The second-order valence-electron chi connectivity index (χ2n) is 7.06. The smallest absolute Gasteiger partial charge is 0.282 e. The molecule has 2 aromatic heterocycles.